The Bertz CT molecular complexity index is 392. The molecule has 0 unspecified atom stereocenters. The first kappa shape index (κ1) is 15.3. The molecular weight excluding hydrogens is 242 g/mol. The zero-order valence-electron chi connectivity index (χ0n) is 12.2. The highest BCUT2D eigenvalue weighted by atomic mass is 16.5. The Hall–Kier alpha value is -1.71. The fourth-order valence-corrected chi connectivity index (χ4v) is 2.14. The fraction of sp³-hybridized carbons (Fsp3) is 0.533. The number of methoxy groups -OCH3 is 2. The van der Waals surface area contributed by atoms with E-state index in [4.69, 9.17) is 9.47 Å². The average Bonchev–Trinajstić information content (AvgIpc) is 2.45. The van der Waals surface area contributed by atoms with Gasteiger partial charge in [-0.2, -0.15) is 0 Å². The molecule has 0 aliphatic rings. The molecule has 19 heavy (non-hydrogen) atoms. The van der Waals surface area contributed by atoms with Crippen molar-refractivity contribution >= 4 is 5.91 Å². The van der Waals surface area contributed by atoms with Crippen molar-refractivity contribution in [2.75, 3.05) is 27.3 Å². The number of benzene rings is 1. The van der Waals surface area contributed by atoms with E-state index in [2.05, 4.69) is 0 Å². The lowest BCUT2D eigenvalue weighted by Gasteiger charge is -2.19. The SMILES string of the molecule is CCN(CC)C(=O)CCc1c(OC)cccc1OC. The third-order valence-corrected chi connectivity index (χ3v) is 3.23. The topological polar surface area (TPSA) is 38.8 Å². The summed E-state index contributed by atoms with van der Waals surface area (Å²) in [7, 11) is 3.26. The van der Waals surface area contributed by atoms with Gasteiger partial charge in [-0.1, -0.05) is 6.07 Å². The van der Waals surface area contributed by atoms with Crippen LogP contribution in [0.15, 0.2) is 18.2 Å². The minimum Gasteiger partial charge on any atom is -0.496 e. The Labute approximate surface area is 115 Å². The lowest BCUT2D eigenvalue weighted by atomic mass is 10.1. The molecule has 0 spiro atoms. The number of carbonyl (C=O) groups excluding carboxylic acids is 1. The van der Waals surface area contributed by atoms with Crippen LogP contribution in [0.25, 0.3) is 0 Å². The molecule has 0 saturated carbocycles. The van der Waals surface area contributed by atoms with E-state index in [-0.39, 0.29) is 5.91 Å². The van der Waals surface area contributed by atoms with E-state index in [1.54, 1.807) is 14.2 Å². The summed E-state index contributed by atoms with van der Waals surface area (Å²) in [6, 6.07) is 5.66. The Kier molecular flexibility index (Phi) is 6.19. The second-order valence-electron chi connectivity index (χ2n) is 4.21. The maximum atomic E-state index is 12.0. The maximum Gasteiger partial charge on any atom is 0.222 e. The van der Waals surface area contributed by atoms with Crippen LogP contribution < -0.4 is 9.47 Å². The monoisotopic (exact) mass is 265 g/mol. The van der Waals surface area contributed by atoms with E-state index in [1.807, 2.05) is 36.9 Å². The van der Waals surface area contributed by atoms with Crippen LogP contribution in [0, 0.1) is 0 Å². The van der Waals surface area contributed by atoms with Gasteiger partial charge in [0.05, 0.1) is 14.2 Å². The Balaban J connectivity index is 2.79. The quantitative estimate of drug-likeness (QED) is 0.760. The number of nitrogens with zero attached hydrogens (tertiary/aromatic N) is 1. The van der Waals surface area contributed by atoms with Gasteiger partial charge in [0.25, 0.3) is 0 Å². The van der Waals surface area contributed by atoms with Crippen molar-refractivity contribution in [1.82, 2.24) is 4.90 Å². The highest BCUT2D eigenvalue weighted by Gasteiger charge is 2.14. The molecule has 4 heteroatoms. The molecule has 0 aromatic heterocycles. The van der Waals surface area contributed by atoms with E-state index in [1.165, 1.54) is 0 Å². The number of ether oxygens (including phenoxy) is 2. The molecule has 0 fully saturated rings. The van der Waals surface area contributed by atoms with Gasteiger partial charge in [-0.15, -0.1) is 0 Å². The lowest BCUT2D eigenvalue weighted by molar-refractivity contribution is -0.130. The van der Waals surface area contributed by atoms with E-state index in [0.29, 0.717) is 12.8 Å². The zero-order valence-corrected chi connectivity index (χ0v) is 12.2. The third kappa shape index (κ3) is 3.88. The lowest BCUT2D eigenvalue weighted by Crippen LogP contribution is -2.30. The van der Waals surface area contributed by atoms with Crippen molar-refractivity contribution in [3.63, 3.8) is 0 Å². The first-order valence-electron chi connectivity index (χ1n) is 6.65. The summed E-state index contributed by atoms with van der Waals surface area (Å²) in [6.07, 6.45) is 1.10. The predicted molar refractivity (Wildman–Crippen MR) is 75.8 cm³/mol. The van der Waals surface area contributed by atoms with E-state index < -0.39 is 0 Å². The van der Waals surface area contributed by atoms with Gasteiger partial charge in [0.15, 0.2) is 0 Å². The number of hydrogen-bond donors (Lipinski definition) is 0. The van der Waals surface area contributed by atoms with Crippen LogP contribution in [0.1, 0.15) is 25.8 Å². The Morgan fingerprint density at radius 2 is 1.63 bits per heavy atom. The molecule has 1 aromatic carbocycles. The van der Waals surface area contributed by atoms with Crippen LogP contribution in [0.4, 0.5) is 0 Å². The van der Waals surface area contributed by atoms with Crippen LogP contribution in [0.2, 0.25) is 0 Å². The first-order chi connectivity index (χ1) is 9.17. The van der Waals surface area contributed by atoms with Crippen LogP contribution in [0.3, 0.4) is 0 Å². The van der Waals surface area contributed by atoms with E-state index >= 15 is 0 Å². The standard InChI is InChI=1S/C15H23NO3/c1-5-16(6-2)15(17)11-10-12-13(18-3)8-7-9-14(12)19-4/h7-9H,5-6,10-11H2,1-4H3. The van der Waals surface area contributed by atoms with Gasteiger partial charge in [0.1, 0.15) is 11.5 Å². The first-order valence-corrected chi connectivity index (χ1v) is 6.65. The largest absolute Gasteiger partial charge is 0.496 e. The zero-order chi connectivity index (χ0) is 14.3. The summed E-state index contributed by atoms with van der Waals surface area (Å²) < 4.78 is 10.7. The average molecular weight is 265 g/mol. The van der Waals surface area contributed by atoms with Gasteiger partial charge in [-0.3, -0.25) is 4.79 Å². The van der Waals surface area contributed by atoms with Crippen molar-refractivity contribution in [1.29, 1.82) is 0 Å². The second-order valence-corrected chi connectivity index (χ2v) is 4.21. The van der Waals surface area contributed by atoms with Crippen molar-refractivity contribution < 1.29 is 14.3 Å². The molecule has 0 aliphatic heterocycles. The van der Waals surface area contributed by atoms with E-state index in [0.717, 1.165) is 30.2 Å². The second kappa shape index (κ2) is 7.67. The Morgan fingerprint density at radius 1 is 1.11 bits per heavy atom. The summed E-state index contributed by atoms with van der Waals surface area (Å²) in [6.45, 7) is 5.48. The molecule has 0 bridgehead atoms. The summed E-state index contributed by atoms with van der Waals surface area (Å²) >= 11 is 0. The van der Waals surface area contributed by atoms with Gasteiger partial charge in [0, 0.05) is 25.1 Å². The summed E-state index contributed by atoms with van der Waals surface area (Å²) in [5.41, 5.74) is 0.952. The predicted octanol–water partition coefficient (Wildman–Crippen LogP) is 2.50. The Morgan fingerprint density at radius 3 is 2.05 bits per heavy atom. The number of hydrogen-bond acceptors (Lipinski definition) is 3. The van der Waals surface area contributed by atoms with Gasteiger partial charge >= 0.3 is 0 Å². The van der Waals surface area contributed by atoms with Crippen molar-refractivity contribution in [3.8, 4) is 11.5 Å². The molecule has 0 radical (unpaired) electrons. The van der Waals surface area contributed by atoms with Gasteiger partial charge in [0.2, 0.25) is 5.91 Å². The van der Waals surface area contributed by atoms with Crippen LogP contribution in [0.5, 0.6) is 11.5 Å². The van der Waals surface area contributed by atoms with Gasteiger partial charge in [-0.05, 0) is 32.4 Å². The number of carbonyl (C=O) groups is 1. The normalized spacial score (nSPS) is 10.1. The van der Waals surface area contributed by atoms with Gasteiger partial charge < -0.3 is 14.4 Å². The molecular formula is C15H23NO3. The number of rotatable bonds is 7. The van der Waals surface area contributed by atoms with Crippen molar-refractivity contribution in [2.45, 2.75) is 26.7 Å². The smallest absolute Gasteiger partial charge is 0.222 e. The fourth-order valence-electron chi connectivity index (χ4n) is 2.14. The molecule has 0 saturated heterocycles. The molecule has 4 nitrogen and oxygen atoms in total. The maximum absolute atomic E-state index is 12.0. The summed E-state index contributed by atoms with van der Waals surface area (Å²) in [5.74, 6) is 1.70. The van der Waals surface area contributed by atoms with Gasteiger partial charge in [-0.25, -0.2) is 0 Å². The molecule has 0 aliphatic carbocycles. The summed E-state index contributed by atoms with van der Waals surface area (Å²) in [5, 5.41) is 0. The van der Waals surface area contributed by atoms with E-state index in [9.17, 15) is 4.79 Å². The summed E-state index contributed by atoms with van der Waals surface area (Å²) in [4.78, 5) is 13.9. The molecule has 1 rings (SSSR count). The van der Waals surface area contributed by atoms with Crippen LogP contribution in [-0.2, 0) is 11.2 Å². The molecule has 1 aromatic rings. The molecule has 1 amide bonds. The highest BCUT2D eigenvalue weighted by Crippen LogP contribution is 2.29. The molecule has 0 atom stereocenters. The highest BCUT2D eigenvalue weighted by molar-refractivity contribution is 5.76. The number of amides is 1. The molecule has 0 N–H and O–H groups in total. The minimum absolute atomic E-state index is 0.165. The van der Waals surface area contributed by atoms with Crippen molar-refractivity contribution in [3.05, 3.63) is 23.8 Å². The third-order valence-electron chi connectivity index (χ3n) is 3.23. The minimum atomic E-state index is 0.165. The van der Waals surface area contributed by atoms with Crippen LogP contribution in [-0.4, -0.2) is 38.1 Å². The molecule has 0 heterocycles. The van der Waals surface area contributed by atoms with Crippen LogP contribution >= 0.6 is 0 Å². The molecule has 106 valence electrons. The van der Waals surface area contributed by atoms with Crippen molar-refractivity contribution in [2.24, 2.45) is 0 Å².